The summed E-state index contributed by atoms with van der Waals surface area (Å²) in [5.74, 6) is 0.545. The van der Waals surface area contributed by atoms with Gasteiger partial charge in [0.15, 0.2) is 12.8 Å². The fraction of sp³-hybridized carbons (Fsp3) is 0.0714. The third kappa shape index (κ3) is 2.06. The van der Waals surface area contributed by atoms with Crippen LogP contribution in [0.5, 0.6) is 5.75 Å². The minimum atomic E-state index is 0.379. The van der Waals surface area contributed by atoms with E-state index in [2.05, 4.69) is 10.3 Å². The van der Waals surface area contributed by atoms with E-state index in [0.717, 1.165) is 21.8 Å². The van der Waals surface area contributed by atoms with Gasteiger partial charge in [0.1, 0.15) is 0 Å². The molecule has 0 unspecified atom stereocenters. The fourth-order valence-electron chi connectivity index (χ4n) is 2.00. The molecule has 5 heteroatoms. The highest BCUT2D eigenvalue weighted by molar-refractivity contribution is 6.00. The number of pyridine rings is 1. The summed E-state index contributed by atoms with van der Waals surface area (Å²) >= 11 is 0. The maximum absolute atomic E-state index is 10.9. The van der Waals surface area contributed by atoms with Crippen LogP contribution >= 0.6 is 0 Å². The Labute approximate surface area is 109 Å². The van der Waals surface area contributed by atoms with Gasteiger partial charge in [-0.3, -0.25) is 0 Å². The van der Waals surface area contributed by atoms with Crippen LogP contribution in [-0.2, 0) is 0 Å². The first-order valence-electron chi connectivity index (χ1n) is 5.82. The number of benzene rings is 2. The number of fused-ring (bicyclic) bond motifs is 2. The molecule has 0 spiro atoms. The topological polar surface area (TPSA) is 60.5 Å². The molecular formula is C14H11N3O2. The Balaban J connectivity index is 2.36. The van der Waals surface area contributed by atoms with E-state index in [-0.39, 0.29) is 0 Å². The summed E-state index contributed by atoms with van der Waals surface area (Å²) in [4.78, 5) is 10.2. The second-order valence-corrected chi connectivity index (χ2v) is 4.11. The molecule has 0 atom stereocenters. The number of hydroxylamine groups is 1. The predicted octanol–water partition coefficient (Wildman–Crippen LogP) is 3.27. The molecule has 94 valence electrons. The molecule has 0 saturated carbocycles. The van der Waals surface area contributed by atoms with Crippen molar-refractivity contribution in [2.75, 3.05) is 7.05 Å². The van der Waals surface area contributed by atoms with E-state index in [1.165, 1.54) is 7.05 Å². The first-order chi connectivity index (χ1) is 9.25. The number of nitrogens with zero attached hydrogens (tertiary/aromatic N) is 3. The molecule has 3 rings (SSSR count). The van der Waals surface area contributed by atoms with E-state index >= 15 is 0 Å². The van der Waals surface area contributed by atoms with Crippen molar-refractivity contribution in [3.8, 4) is 5.75 Å². The highest BCUT2D eigenvalue weighted by Crippen LogP contribution is 2.32. The molecule has 0 aliphatic rings. The Hall–Kier alpha value is -2.69. The van der Waals surface area contributed by atoms with Crippen LogP contribution in [0, 0.1) is 5.21 Å². The average molecular weight is 253 g/mol. The van der Waals surface area contributed by atoms with Gasteiger partial charge in [-0.15, -0.1) is 0 Å². The van der Waals surface area contributed by atoms with Gasteiger partial charge in [-0.1, -0.05) is 29.1 Å². The lowest BCUT2D eigenvalue weighted by molar-refractivity contribution is -0.522. The number of hydrogen-bond donors (Lipinski definition) is 0. The molecule has 19 heavy (non-hydrogen) atoms. The highest BCUT2D eigenvalue weighted by atomic mass is 16.7. The third-order valence-electron chi connectivity index (χ3n) is 2.79. The van der Waals surface area contributed by atoms with Gasteiger partial charge < -0.3 is 10.0 Å². The van der Waals surface area contributed by atoms with Gasteiger partial charge in [-0.25, -0.2) is 4.98 Å². The summed E-state index contributed by atoms with van der Waals surface area (Å²) in [6, 6.07) is 15.2. The van der Waals surface area contributed by atoms with Crippen molar-refractivity contribution in [1.82, 2.24) is 4.98 Å². The maximum atomic E-state index is 10.9. The lowest BCUT2D eigenvalue weighted by Gasteiger charge is -2.06. The Bertz CT molecular complexity index is 726. The number of hydrogen-bond acceptors (Lipinski definition) is 4. The van der Waals surface area contributed by atoms with Crippen LogP contribution < -0.4 is 4.84 Å². The van der Waals surface area contributed by atoms with Crippen molar-refractivity contribution in [3.63, 3.8) is 0 Å². The summed E-state index contributed by atoms with van der Waals surface area (Å²) in [6.45, 7) is 0. The normalized spacial score (nSPS) is 11.9. The van der Waals surface area contributed by atoms with E-state index in [4.69, 9.17) is 4.84 Å². The standard InChI is InChI=1S/C14H11N3O2/c1-17(18)16-19-14-10-6-2-4-8-12(10)15-13-9-5-3-7-11(13)14/h2-9H,1H3. The van der Waals surface area contributed by atoms with Crippen molar-refractivity contribution in [1.29, 1.82) is 0 Å². The van der Waals surface area contributed by atoms with Crippen LogP contribution in [0.1, 0.15) is 0 Å². The van der Waals surface area contributed by atoms with Crippen LogP contribution in [0.3, 0.4) is 0 Å². The molecule has 1 aromatic heterocycles. The Kier molecular flexibility index (Phi) is 2.72. The van der Waals surface area contributed by atoms with Crippen molar-refractivity contribution >= 4 is 21.8 Å². The van der Waals surface area contributed by atoms with Crippen molar-refractivity contribution in [2.24, 2.45) is 5.28 Å². The summed E-state index contributed by atoms with van der Waals surface area (Å²) in [5.41, 5.74) is 1.61. The van der Waals surface area contributed by atoms with Crippen molar-refractivity contribution < 1.29 is 9.70 Å². The molecule has 3 aromatic rings. The largest absolute Gasteiger partial charge is 0.598 e. The van der Waals surface area contributed by atoms with Gasteiger partial charge >= 0.3 is 0 Å². The van der Waals surface area contributed by atoms with E-state index in [1.54, 1.807) is 0 Å². The Morgan fingerprint density at radius 3 is 2.05 bits per heavy atom. The van der Waals surface area contributed by atoms with Gasteiger partial charge in [0.2, 0.25) is 5.28 Å². The molecule has 0 aliphatic carbocycles. The number of aromatic nitrogens is 1. The maximum Gasteiger partial charge on any atom is 0.205 e. The van der Waals surface area contributed by atoms with Crippen LogP contribution in [-0.4, -0.2) is 16.9 Å². The SMILES string of the molecule is C[N+]([O-])=NOc1c2ccccc2nc2ccccc12. The minimum absolute atomic E-state index is 0.379. The van der Waals surface area contributed by atoms with Gasteiger partial charge in [0.05, 0.1) is 11.0 Å². The van der Waals surface area contributed by atoms with Gasteiger partial charge in [0, 0.05) is 10.8 Å². The van der Waals surface area contributed by atoms with Crippen LogP contribution in [0.15, 0.2) is 53.8 Å². The third-order valence-corrected chi connectivity index (χ3v) is 2.79. The summed E-state index contributed by atoms with van der Waals surface area (Å²) in [5, 5.41) is 16.0. The molecule has 0 N–H and O–H groups in total. The zero-order chi connectivity index (χ0) is 13.2. The second kappa shape index (κ2) is 4.53. The second-order valence-electron chi connectivity index (χ2n) is 4.11. The summed E-state index contributed by atoms with van der Waals surface area (Å²) in [7, 11) is 1.27. The Morgan fingerprint density at radius 1 is 1.00 bits per heavy atom. The monoisotopic (exact) mass is 253 g/mol. The van der Waals surface area contributed by atoms with E-state index in [0.29, 0.717) is 10.6 Å². The fourth-order valence-corrected chi connectivity index (χ4v) is 2.00. The van der Waals surface area contributed by atoms with Gasteiger partial charge in [-0.05, 0) is 24.3 Å². The smallest absolute Gasteiger partial charge is 0.205 e. The first kappa shape index (κ1) is 11.4. The first-order valence-corrected chi connectivity index (χ1v) is 5.82. The molecule has 2 aromatic carbocycles. The highest BCUT2D eigenvalue weighted by Gasteiger charge is 2.10. The van der Waals surface area contributed by atoms with Gasteiger partial charge in [0.25, 0.3) is 0 Å². The zero-order valence-electron chi connectivity index (χ0n) is 10.3. The van der Waals surface area contributed by atoms with Gasteiger partial charge in [-0.2, -0.15) is 0 Å². The van der Waals surface area contributed by atoms with E-state index in [1.807, 2.05) is 48.5 Å². The number of para-hydroxylation sites is 2. The van der Waals surface area contributed by atoms with E-state index < -0.39 is 0 Å². The Morgan fingerprint density at radius 2 is 1.53 bits per heavy atom. The van der Waals surface area contributed by atoms with Crippen LogP contribution in [0.25, 0.3) is 21.8 Å². The van der Waals surface area contributed by atoms with Crippen LogP contribution in [0.2, 0.25) is 0 Å². The molecule has 0 radical (unpaired) electrons. The summed E-state index contributed by atoms with van der Waals surface area (Å²) < 4.78 is 0. The summed E-state index contributed by atoms with van der Waals surface area (Å²) in [6.07, 6.45) is 0. The molecule has 0 aliphatic heterocycles. The van der Waals surface area contributed by atoms with E-state index in [9.17, 15) is 5.21 Å². The quantitative estimate of drug-likeness (QED) is 0.305. The lowest BCUT2D eigenvalue weighted by Crippen LogP contribution is -1.96. The van der Waals surface area contributed by atoms with Crippen molar-refractivity contribution in [3.05, 3.63) is 53.7 Å². The molecule has 0 bridgehead atoms. The average Bonchev–Trinajstić information content (AvgIpc) is 2.43. The zero-order valence-corrected chi connectivity index (χ0v) is 10.3. The molecule has 0 amide bonds. The van der Waals surface area contributed by atoms with Crippen LogP contribution in [0.4, 0.5) is 0 Å². The minimum Gasteiger partial charge on any atom is -0.598 e. The lowest BCUT2D eigenvalue weighted by atomic mass is 10.1. The molecule has 0 fully saturated rings. The number of rotatable bonds is 2. The van der Waals surface area contributed by atoms with Crippen molar-refractivity contribution in [2.45, 2.75) is 0 Å². The molecule has 1 heterocycles. The molecule has 5 nitrogen and oxygen atoms in total. The molecular weight excluding hydrogens is 242 g/mol. The molecule has 0 saturated heterocycles. The predicted molar refractivity (Wildman–Crippen MR) is 71.9 cm³/mol.